The van der Waals surface area contributed by atoms with Crippen molar-refractivity contribution in [3.8, 4) is 5.69 Å². The van der Waals surface area contributed by atoms with Gasteiger partial charge < -0.3 is 19.1 Å². The van der Waals surface area contributed by atoms with Crippen LogP contribution in [0, 0.1) is 5.92 Å². The number of likely N-dealkylation sites (tertiary alicyclic amines) is 2. The molecule has 0 radical (unpaired) electrons. The summed E-state index contributed by atoms with van der Waals surface area (Å²) in [5, 5.41) is 1.99. The van der Waals surface area contributed by atoms with E-state index in [0.29, 0.717) is 24.2 Å². The number of halogens is 1. The molecule has 2 aliphatic rings. The van der Waals surface area contributed by atoms with Crippen LogP contribution in [0.15, 0.2) is 48.9 Å². The lowest BCUT2D eigenvalue weighted by Gasteiger charge is -2.34. The van der Waals surface area contributed by atoms with Crippen molar-refractivity contribution in [3.63, 3.8) is 0 Å². The molecule has 7 heteroatoms. The number of hydrogen-bond donors (Lipinski definition) is 0. The highest BCUT2D eigenvalue weighted by atomic mass is 35.5. The minimum atomic E-state index is 0.336. The number of amides is 1. The molecule has 6 nitrogen and oxygen atoms in total. The Morgan fingerprint density at radius 2 is 1.81 bits per heavy atom. The van der Waals surface area contributed by atoms with Gasteiger partial charge in [0.15, 0.2) is 0 Å². The van der Waals surface area contributed by atoms with Gasteiger partial charge in [-0.05, 0) is 92.9 Å². The van der Waals surface area contributed by atoms with Crippen molar-refractivity contribution in [3.05, 3.63) is 59.5 Å². The smallest absolute Gasteiger partial charge is 0.222 e. The molecule has 2 aliphatic heterocycles. The Morgan fingerprint density at radius 1 is 1.06 bits per heavy atom. The number of pyridine rings is 1. The van der Waals surface area contributed by atoms with Crippen molar-refractivity contribution in [2.24, 2.45) is 5.92 Å². The number of ether oxygens (including phenoxy) is 1. The molecule has 1 aromatic carbocycles. The molecule has 1 amide bonds. The monoisotopic (exact) mass is 508 g/mol. The maximum Gasteiger partial charge on any atom is 0.222 e. The topological polar surface area (TPSA) is 50.6 Å². The molecule has 3 aromatic rings. The Morgan fingerprint density at radius 3 is 2.53 bits per heavy atom. The van der Waals surface area contributed by atoms with E-state index in [-0.39, 0.29) is 0 Å². The summed E-state index contributed by atoms with van der Waals surface area (Å²) >= 11 is 6.11. The maximum atomic E-state index is 13.0. The Hall–Kier alpha value is -2.41. The molecule has 5 rings (SSSR count). The molecular weight excluding hydrogens is 472 g/mol. The van der Waals surface area contributed by atoms with Crippen molar-refractivity contribution in [1.82, 2.24) is 19.4 Å². The van der Waals surface area contributed by atoms with Gasteiger partial charge in [-0.1, -0.05) is 11.6 Å². The molecule has 0 bridgehead atoms. The summed E-state index contributed by atoms with van der Waals surface area (Å²) < 4.78 is 7.41. The van der Waals surface area contributed by atoms with E-state index in [1.807, 2.05) is 36.7 Å². The van der Waals surface area contributed by atoms with E-state index in [0.717, 1.165) is 74.8 Å². The second-order valence-corrected chi connectivity index (χ2v) is 10.7. The molecule has 2 fully saturated rings. The van der Waals surface area contributed by atoms with Crippen LogP contribution in [0.5, 0.6) is 0 Å². The summed E-state index contributed by atoms with van der Waals surface area (Å²) in [6.45, 7) is 5.78. The van der Waals surface area contributed by atoms with Gasteiger partial charge in [-0.15, -0.1) is 0 Å². The molecule has 0 saturated carbocycles. The summed E-state index contributed by atoms with van der Waals surface area (Å²) in [5.41, 5.74) is 3.55. The van der Waals surface area contributed by atoms with Gasteiger partial charge in [0, 0.05) is 61.7 Å². The normalized spacial score (nSPS) is 18.2. The largest absolute Gasteiger partial charge is 0.383 e. The first-order valence-electron chi connectivity index (χ1n) is 13.3. The molecule has 2 aromatic heterocycles. The highest BCUT2D eigenvalue weighted by Crippen LogP contribution is 2.36. The average molecular weight is 509 g/mol. The third-order valence-electron chi connectivity index (χ3n) is 8.12. The van der Waals surface area contributed by atoms with Gasteiger partial charge in [-0.2, -0.15) is 0 Å². The fourth-order valence-corrected chi connectivity index (χ4v) is 6.01. The minimum absolute atomic E-state index is 0.336. The fourth-order valence-electron chi connectivity index (χ4n) is 5.89. The molecule has 4 heterocycles. The lowest BCUT2D eigenvalue weighted by Crippen LogP contribution is -2.39. The van der Waals surface area contributed by atoms with Gasteiger partial charge in [-0.3, -0.25) is 9.78 Å². The van der Waals surface area contributed by atoms with E-state index >= 15 is 0 Å². The molecule has 0 atom stereocenters. The quantitative estimate of drug-likeness (QED) is 0.402. The number of rotatable bonds is 8. The lowest BCUT2D eigenvalue weighted by atomic mass is 9.88. The van der Waals surface area contributed by atoms with Crippen molar-refractivity contribution < 1.29 is 9.53 Å². The first kappa shape index (κ1) is 25.2. The standard InChI is InChI=1S/C29H37ClN4O2/c1-36-19-18-32-14-9-22(10-15-32)2-7-29(35)33-16-11-23(12-17-33)27-21-34(25-5-3-24(30)4-6-25)28-20-31-13-8-26(27)28/h3-6,8,13,20-23H,2,7,9-12,14-19H2,1H3. The van der Waals surface area contributed by atoms with Crippen LogP contribution < -0.4 is 0 Å². The number of methoxy groups -OCH3 is 1. The number of benzene rings is 1. The molecule has 0 unspecified atom stereocenters. The first-order chi connectivity index (χ1) is 17.6. The fraction of sp³-hybridized carbons (Fsp3) is 0.517. The third kappa shape index (κ3) is 5.77. The third-order valence-corrected chi connectivity index (χ3v) is 8.37. The number of carbonyl (C=O) groups excluding carboxylic acids is 1. The first-order valence-corrected chi connectivity index (χ1v) is 13.7. The van der Waals surface area contributed by atoms with Gasteiger partial charge in [0.2, 0.25) is 5.91 Å². The summed E-state index contributed by atoms with van der Waals surface area (Å²) in [6, 6.07) is 10.1. The summed E-state index contributed by atoms with van der Waals surface area (Å²) in [5.74, 6) is 1.46. The number of aromatic nitrogens is 2. The maximum absolute atomic E-state index is 13.0. The van der Waals surface area contributed by atoms with Crippen molar-refractivity contribution in [2.75, 3.05) is 46.4 Å². The molecular formula is C29H37ClN4O2. The number of carbonyl (C=O) groups is 1. The van der Waals surface area contributed by atoms with Crippen LogP contribution in [0.1, 0.15) is 50.0 Å². The van der Waals surface area contributed by atoms with Crippen molar-refractivity contribution in [1.29, 1.82) is 0 Å². The molecule has 36 heavy (non-hydrogen) atoms. The van der Waals surface area contributed by atoms with Gasteiger partial charge >= 0.3 is 0 Å². The Labute approximate surface area is 219 Å². The molecule has 0 spiro atoms. The van der Waals surface area contributed by atoms with E-state index in [2.05, 4.69) is 31.6 Å². The van der Waals surface area contributed by atoms with Crippen LogP contribution >= 0.6 is 11.6 Å². The Kier molecular flexibility index (Phi) is 8.25. The Bertz CT molecular complexity index is 1150. The van der Waals surface area contributed by atoms with E-state index in [4.69, 9.17) is 16.3 Å². The number of piperidine rings is 2. The van der Waals surface area contributed by atoms with E-state index in [9.17, 15) is 4.79 Å². The summed E-state index contributed by atoms with van der Waals surface area (Å²) in [7, 11) is 1.76. The molecule has 0 N–H and O–H groups in total. The van der Waals surface area contributed by atoms with Crippen LogP contribution in [-0.4, -0.2) is 71.7 Å². The van der Waals surface area contributed by atoms with E-state index in [1.54, 1.807) is 7.11 Å². The zero-order chi connectivity index (χ0) is 24.9. The summed E-state index contributed by atoms with van der Waals surface area (Å²) in [6.07, 6.45) is 12.2. The second kappa shape index (κ2) is 11.8. The zero-order valence-electron chi connectivity index (χ0n) is 21.2. The van der Waals surface area contributed by atoms with Gasteiger partial charge in [0.05, 0.1) is 18.3 Å². The van der Waals surface area contributed by atoms with Gasteiger partial charge in [-0.25, -0.2) is 0 Å². The highest BCUT2D eigenvalue weighted by molar-refractivity contribution is 6.30. The van der Waals surface area contributed by atoms with Crippen molar-refractivity contribution >= 4 is 28.4 Å². The number of fused-ring (bicyclic) bond motifs is 1. The molecule has 2 saturated heterocycles. The van der Waals surface area contributed by atoms with Crippen molar-refractivity contribution in [2.45, 2.75) is 44.4 Å². The van der Waals surface area contributed by atoms with Crippen LogP contribution in [0.25, 0.3) is 16.6 Å². The Balaban J connectivity index is 1.16. The van der Waals surface area contributed by atoms with Gasteiger partial charge in [0.1, 0.15) is 0 Å². The minimum Gasteiger partial charge on any atom is -0.383 e. The van der Waals surface area contributed by atoms with Crippen LogP contribution in [0.2, 0.25) is 5.02 Å². The van der Waals surface area contributed by atoms with E-state index < -0.39 is 0 Å². The second-order valence-electron chi connectivity index (χ2n) is 10.3. The van der Waals surface area contributed by atoms with Crippen LogP contribution in [0.4, 0.5) is 0 Å². The van der Waals surface area contributed by atoms with Crippen LogP contribution in [-0.2, 0) is 9.53 Å². The van der Waals surface area contributed by atoms with Gasteiger partial charge in [0.25, 0.3) is 0 Å². The lowest BCUT2D eigenvalue weighted by molar-refractivity contribution is -0.132. The number of hydrogen-bond acceptors (Lipinski definition) is 4. The van der Waals surface area contributed by atoms with E-state index in [1.165, 1.54) is 23.8 Å². The predicted molar refractivity (Wildman–Crippen MR) is 145 cm³/mol. The summed E-state index contributed by atoms with van der Waals surface area (Å²) in [4.78, 5) is 22.0. The highest BCUT2D eigenvalue weighted by Gasteiger charge is 2.27. The average Bonchev–Trinajstić information content (AvgIpc) is 3.31. The van der Waals surface area contributed by atoms with Crippen LogP contribution in [0.3, 0.4) is 0 Å². The molecule has 0 aliphatic carbocycles. The predicted octanol–water partition coefficient (Wildman–Crippen LogP) is 5.52. The molecule has 192 valence electrons. The zero-order valence-corrected chi connectivity index (χ0v) is 22.0. The number of nitrogens with zero attached hydrogens (tertiary/aromatic N) is 4. The SMILES string of the molecule is COCCN1CCC(CCC(=O)N2CCC(c3cn(-c4ccc(Cl)cc4)c4cnccc34)CC2)CC1.